The Hall–Kier alpha value is -2.90. The predicted molar refractivity (Wildman–Crippen MR) is 106 cm³/mol. The van der Waals surface area contributed by atoms with Crippen molar-refractivity contribution in [3.63, 3.8) is 0 Å². The fourth-order valence-electron chi connectivity index (χ4n) is 2.69. The van der Waals surface area contributed by atoms with Crippen LogP contribution in [0.2, 0.25) is 0 Å². The van der Waals surface area contributed by atoms with Crippen molar-refractivity contribution in [2.24, 2.45) is 0 Å². The number of aromatic nitrogens is 1. The van der Waals surface area contributed by atoms with Crippen LogP contribution in [-0.4, -0.2) is 37.2 Å². The van der Waals surface area contributed by atoms with E-state index in [4.69, 9.17) is 9.47 Å². The summed E-state index contributed by atoms with van der Waals surface area (Å²) in [5, 5.41) is 3.75. The Morgan fingerprint density at radius 3 is 2.48 bits per heavy atom. The molecule has 1 fully saturated rings. The topological polar surface area (TPSA) is 63.7 Å². The molecule has 1 saturated heterocycles. The van der Waals surface area contributed by atoms with E-state index in [2.05, 4.69) is 15.2 Å². The number of benzene rings is 2. The zero-order valence-corrected chi connectivity index (χ0v) is 15.4. The Morgan fingerprint density at radius 1 is 1.04 bits per heavy atom. The highest BCUT2D eigenvalue weighted by molar-refractivity contribution is 7.17. The lowest BCUT2D eigenvalue weighted by Crippen LogP contribution is -2.36. The molecule has 0 saturated carbocycles. The fourth-order valence-corrected chi connectivity index (χ4v) is 3.56. The summed E-state index contributed by atoms with van der Waals surface area (Å²) in [5.41, 5.74) is 0.710. The molecule has 0 spiro atoms. The lowest BCUT2D eigenvalue weighted by Gasteiger charge is -2.25. The molecule has 1 N–H and O–H groups in total. The quantitative estimate of drug-likeness (QED) is 0.723. The summed E-state index contributed by atoms with van der Waals surface area (Å²) in [6.07, 6.45) is 1.62. The van der Waals surface area contributed by atoms with Crippen molar-refractivity contribution in [3.8, 4) is 11.5 Å². The Morgan fingerprint density at radius 2 is 1.74 bits per heavy atom. The van der Waals surface area contributed by atoms with Crippen LogP contribution in [0, 0.1) is 0 Å². The molecular weight excluding hydrogens is 362 g/mol. The van der Waals surface area contributed by atoms with Gasteiger partial charge in [0.2, 0.25) is 0 Å². The SMILES string of the molecule is O=C(Nc1ccc(Oc2ccccc2)cc1)c1cnc(N2CCOCC2)s1. The molecule has 0 radical (unpaired) electrons. The van der Waals surface area contributed by atoms with Gasteiger partial charge in [0.05, 0.1) is 19.4 Å². The summed E-state index contributed by atoms with van der Waals surface area (Å²) in [6.45, 7) is 2.99. The number of amides is 1. The normalized spacial score (nSPS) is 14.0. The first-order valence-electron chi connectivity index (χ1n) is 8.71. The van der Waals surface area contributed by atoms with Crippen molar-refractivity contribution >= 4 is 28.1 Å². The zero-order valence-electron chi connectivity index (χ0n) is 14.6. The highest BCUT2D eigenvalue weighted by Gasteiger charge is 2.17. The van der Waals surface area contributed by atoms with Crippen LogP contribution in [0.4, 0.5) is 10.8 Å². The van der Waals surface area contributed by atoms with E-state index in [1.807, 2.05) is 54.6 Å². The summed E-state index contributed by atoms with van der Waals surface area (Å²) in [4.78, 5) is 19.6. The minimum Gasteiger partial charge on any atom is -0.457 e. The van der Waals surface area contributed by atoms with Gasteiger partial charge in [-0.1, -0.05) is 29.5 Å². The first-order valence-corrected chi connectivity index (χ1v) is 9.52. The van der Waals surface area contributed by atoms with E-state index in [-0.39, 0.29) is 5.91 Å². The summed E-state index contributed by atoms with van der Waals surface area (Å²) in [7, 11) is 0. The number of carbonyl (C=O) groups is 1. The number of thiazole rings is 1. The van der Waals surface area contributed by atoms with Crippen LogP contribution >= 0.6 is 11.3 Å². The Kier molecular flexibility index (Phi) is 5.32. The Labute approximate surface area is 161 Å². The van der Waals surface area contributed by atoms with Crippen molar-refractivity contribution in [3.05, 3.63) is 65.7 Å². The second-order valence-corrected chi connectivity index (χ2v) is 7.01. The van der Waals surface area contributed by atoms with Crippen molar-refractivity contribution in [2.45, 2.75) is 0 Å². The standard InChI is InChI=1S/C20H19N3O3S/c24-19(18-14-21-20(27-18)23-10-12-25-13-11-23)22-15-6-8-17(9-7-15)26-16-4-2-1-3-5-16/h1-9,14H,10-13H2,(H,22,24). The van der Waals surface area contributed by atoms with Gasteiger partial charge in [-0.25, -0.2) is 4.98 Å². The monoisotopic (exact) mass is 381 g/mol. The maximum absolute atomic E-state index is 12.5. The van der Waals surface area contributed by atoms with Gasteiger partial charge in [-0.2, -0.15) is 0 Å². The molecule has 1 aliphatic heterocycles. The van der Waals surface area contributed by atoms with Gasteiger partial charge in [-0.05, 0) is 36.4 Å². The molecule has 0 atom stereocenters. The van der Waals surface area contributed by atoms with Gasteiger partial charge < -0.3 is 19.7 Å². The lowest BCUT2D eigenvalue weighted by molar-refractivity contribution is 0.103. The van der Waals surface area contributed by atoms with Crippen LogP contribution in [0.25, 0.3) is 0 Å². The van der Waals surface area contributed by atoms with E-state index in [0.29, 0.717) is 29.5 Å². The first-order chi connectivity index (χ1) is 13.3. The van der Waals surface area contributed by atoms with Gasteiger partial charge >= 0.3 is 0 Å². The summed E-state index contributed by atoms with van der Waals surface area (Å²) in [6, 6.07) is 16.9. The number of nitrogens with zero attached hydrogens (tertiary/aromatic N) is 2. The molecule has 1 aliphatic rings. The Balaban J connectivity index is 1.37. The lowest BCUT2D eigenvalue weighted by atomic mass is 10.3. The number of hydrogen-bond donors (Lipinski definition) is 1. The largest absolute Gasteiger partial charge is 0.457 e. The average Bonchev–Trinajstić information content (AvgIpc) is 3.21. The van der Waals surface area contributed by atoms with Gasteiger partial charge in [0.1, 0.15) is 16.4 Å². The van der Waals surface area contributed by atoms with Crippen LogP contribution in [0.1, 0.15) is 9.67 Å². The molecule has 2 heterocycles. The van der Waals surface area contributed by atoms with Crippen LogP contribution in [0.15, 0.2) is 60.8 Å². The third kappa shape index (κ3) is 4.45. The van der Waals surface area contributed by atoms with Crippen molar-refractivity contribution in [2.75, 3.05) is 36.5 Å². The number of para-hydroxylation sites is 1. The van der Waals surface area contributed by atoms with Crippen LogP contribution in [-0.2, 0) is 4.74 Å². The van der Waals surface area contributed by atoms with E-state index < -0.39 is 0 Å². The number of morpholine rings is 1. The molecule has 138 valence electrons. The number of rotatable bonds is 5. The third-order valence-corrected chi connectivity index (χ3v) is 5.15. The maximum atomic E-state index is 12.5. The molecule has 2 aromatic carbocycles. The molecule has 27 heavy (non-hydrogen) atoms. The Bertz CT molecular complexity index is 890. The van der Waals surface area contributed by atoms with Gasteiger partial charge in [-0.3, -0.25) is 4.79 Å². The van der Waals surface area contributed by atoms with Crippen LogP contribution < -0.4 is 15.0 Å². The van der Waals surface area contributed by atoms with Gasteiger partial charge in [-0.15, -0.1) is 0 Å². The van der Waals surface area contributed by atoms with Gasteiger partial charge in [0, 0.05) is 18.8 Å². The summed E-state index contributed by atoms with van der Waals surface area (Å²) in [5.74, 6) is 1.32. The summed E-state index contributed by atoms with van der Waals surface area (Å²) >= 11 is 1.39. The molecule has 0 bridgehead atoms. The second kappa shape index (κ2) is 8.20. The number of hydrogen-bond acceptors (Lipinski definition) is 6. The molecule has 0 unspecified atom stereocenters. The maximum Gasteiger partial charge on any atom is 0.267 e. The minimum absolute atomic E-state index is 0.163. The van der Waals surface area contributed by atoms with Crippen LogP contribution in [0.5, 0.6) is 11.5 Å². The fraction of sp³-hybridized carbons (Fsp3) is 0.200. The molecule has 1 aromatic heterocycles. The van der Waals surface area contributed by atoms with Crippen molar-refractivity contribution in [1.82, 2.24) is 4.98 Å². The average molecular weight is 381 g/mol. The zero-order chi connectivity index (χ0) is 18.5. The molecule has 0 aliphatic carbocycles. The third-order valence-electron chi connectivity index (χ3n) is 4.09. The van der Waals surface area contributed by atoms with Crippen LogP contribution in [0.3, 0.4) is 0 Å². The summed E-state index contributed by atoms with van der Waals surface area (Å²) < 4.78 is 11.1. The first kappa shape index (κ1) is 17.5. The number of nitrogens with one attached hydrogen (secondary N) is 1. The minimum atomic E-state index is -0.163. The highest BCUT2D eigenvalue weighted by atomic mass is 32.1. The highest BCUT2D eigenvalue weighted by Crippen LogP contribution is 2.25. The van der Waals surface area contributed by atoms with Gasteiger partial charge in [0.25, 0.3) is 5.91 Å². The molecule has 6 nitrogen and oxygen atoms in total. The second-order valence-electron chi connectivity index (χ2n) is 6.00. The van der Waals surface area contributed by atoms with Gasteiger partial charge in [0.15, 0.2) is 5.13 Å². The smallest absolute Gasteiger partial charge is 0.267 e. The molecule has 1 amide bonds. The predicted octanol–water partition coefficient (Wildman–Crippen LogP) is 4.02. The molecule has 3 aromatic rings. The van der Waals surface area contributed by atoms with Crippen molar-refractivity contribution < 1.29 is 14.3 Å². The van der Waals surface area contributed by atoms with E-state index >= 15 is 0 Å². The number of anilines is 2. The molecular formula is C20H19N3O3S. The molecule has 4 rings (SSSR count). The van der Waals surface area contributed by atoms with E-state index in [1.165, 1.54) is 11.3 Å². The number of ether oxygens (including phenoxy) is 2. The number of carbonyl (C=O) groups excluding carboxylic acids is 1. The van der Waals surface area contributed by atoms with Crippen molar-refractivity contribution in [1.29, 1.82) is 0 Å². The van der Waals surface area contributed by atoms with E-state index in [9.17, 15) is 4.79 Å². The van der Waals surface area contributed by atoms with E-state index in [0.717, 1.165) is 24.0 Å². The molecule has 7 heteroatoms. The van der Waals surface area contributed by atoms with E-state index in [1.54, 1.807) is 6.20 Å².